The number of anilines is 2. The van der Waals surface area contributed by atoms with Gasteiger partial charge in [-0.1, -0.05) is 6.42 Å². The number of nitrogens with one attached hydrogen (secondary N) is 1. The normalized spacial score (nSPS) is 23.3. The summed E-state index contributed by atoms with van der Waals surface area (Å²) in [5.74, 6) is 0.483. The van der Waals surface area contributed by atoms with Crippen LogP contribution in [0.5, 0.6) is 0 Å². The van der Waals surface area contributed by atoms with Gasteiger partial charge in [-0.15, -0.1) is 0 Å². The predicted octanol–water partition coefficient (Wildman–Crippen LogP) is 2.99. The minimum absolute atomic E-state index is 0.233. The van der Waals surface area contributed by atoms with Crippen molar-refractivity contribution in [2.45, 2.75) is 19.3 Å². The molecule has 1 fully saturated rings. The standard InChI is InChI=1S/C13H18BrFN2O/c14-10-4-12(16)13(5-11(10)15)17-6-8-2-1-3-9(8)7-18/h4-5,8-9,17-18H,1-3,6-7,16H2. The Morgan fingerprint density at radius 3 is 2.83 bits per heavy atom. The summed E-state index contributed by atoms with van der Waals surface area (Å²) in [5.41, 5.74) is 6.99. The van der Waals surface area contributed by atoms with E-state index in [9.17, 15) is 9.50 Å². The summed E-state index contributed by atoms with van der Waals surface area (Å²) in [5, 5.41) is 12.4. The van der Waals surface area contributed by atoms with Gasteiger partial charge in [0.15, 0.2) is 0 Å². The first-order valence-corrected chi connectivity index (χ1v) is 7.00. The highest BCUT2D eigenvalue weighted by Crippen LogP contribution is 2.32. The van der Waals surface area contributed by atoms with Crippen LogP contribution in [0, 0.1) is 17.7 Å². The molecule has 0 heterocycles. The molecular weight excluding hydrogens is 299 g/mol. The number of hydrogen-bond donors (Lipinski definition) is 3. The van der Waals surface area contributed by atoms with E-state index in [4.69, 9.17) is 5.73 Å². The third-order valence-corrected chi connectivity index (χ3v) is 4.31. The zero-order valence-electron chi connectivity index (χ0n) is 10.1. The maximum absolute atomic E-state index is 13.4. The maximum Gasteiger partial charge on any atom is 0.139 e. The lowest BCUT2D eigenvalue weighted by atomic mass is 9.97. The Kier molecular flexibility index (Phi) is 4.45. The van der Waals surface area contributed by atoms with Crippen molar-refractivity contribution in [2.75, 3.05) is 24.2 Å². The zero-order valence-corrected chi connectivity index (χ0v) is 11.7. The quantitative estimate of drug-likeness (QED) is 0.748. The molecule has 2 atom stereocenters. The van der Waals surface area contributed by atoms with E-state index < -0.39 is 0 Å². The molecule has 0 bridgehead atoms. The molecule has 100 valence electrons. The van der Waals surface area contributed by atoms with E-state index in [1.165, 1.54) is 6.07 Å². The molecule has 3 nitrogen and oxygen atoms in total. The van der Waals surface area contributed by atoms with Crippen LogP contribution in [0.1, 0.15) is 19.3 Å². The summed E-state index contributed by atoms with van der Waals surface area (Å²) in [4.78, 5) is 0. The van der Waals surface area contributed by atoms with E-state index in [-0.39, 0.29) is 12.4 Å². The van der Waals surface area contributed by atoms with Gasteiger partial charge in [-0.05, 0) is 46.7 Å². The van der Waals surface area contributed by atoms with Gasteiger partial charge in [-0.25, -0.2) is 4.39 Å². The van der Waals surface area contributed by atoms with Gasteiger partial charge in [0, 0.05) is 19.2 Å². The third-order valence-electron chi connectivity index (χ3n) is 3.70. The van der Waals surface area contributed by atoms with Gasteiger partial charge in [0.1, 0.15) is 5.82 Å². The van der Waals surface area contributed by atoms with Crippen molar-refractivity contribution in [2.24, 2.45) is 11.8 Å². The molecule has 1 aliphatic rings. The van der Waals surface area contributed by atoms with Crippen LogP contribution in [0.2, 0.25) is 0 Å². The zero-order chi connectivity index (χ0) is 13.1. The monoisotopic (exact) mass is 316 g/mol. The lowest BCUT2D eigenvalue weighted by molar-refractivity contribution is 0.199. The topological polar surface area (TPSA) is 58.3 Å². The van der Waals surface area contributed by atoms with Gasteiger partial charge < -0.3 is 16.2 Å². The number of aliphatic hydroxyl groups excluding tert-OH is 1. The van der Waals surface area contributed by atoms with Crippen molar-refractivity contribution in [3.05, 3.63) is 22.4 Å². The smallest absolute Gasteiger partial charge is 0.139 e. The predicted molar refractivity (Wildman–Crippen MR) is 74.9 cm³/mol. The summed E-state index contributed by atoms with van der Waals surface area (Å²) < 4.78 is 13.8. The van der Waals surface area contributed by atoms with Gasteiger partial charge in [0.2, 0.25) is 0 Å². The maximum atomic E-state index is 13.4. The molecule has 18 heavy (non-hydrogen) atoms. The second-order valence-electron chi connectivity index (χ2n) is 4.87. The molecule has 1 aromatic rings. The van der Waals surface area contributed by atoms with Crippen LogP contribution in [-0.2, 0) is 0 Å². The highest BCUT2D eigenvalue weighted by atomic mass is 79.9. The molecule has 0 saturated heterocycles. The van der Waals surface area contributed by atoms with Crippen LogP contribution in [0.4, 0.5) is 15.8 Å². The van der Waals surface area contributed by atoms with E-state index in [1.54, 1.807) is 6.07 Å². The van der Waals surface area contributed by atoms with Crippen molar-refractivity contribution in [3.8, 4) is 0 Å². The summed E-state index contributed by atoms with van der Waals surface area (Å²) in [6, 6.07) is 2.97. The van der Waals surface area contributed by atoms with Crippen molar-refractivity contribution >= 4 is 27.3 Å². The Morgan fingerprint density at radius 1 is 1.39 bits per heavy atom. The molecule has 2 rings (SSSR count). The molecule has 0 radical (unpaired) electrons. The van der Waals surface area contributed by atoms with Gasteiger partial charge in [0.05, 0.1) is 15.8 Å². The van der Waals surface area contributed by atoms with E-state index in [0.29, 0.717) is 27.7 Å². The first kappa shape index (κ1) is 13.6. The van der Waals surface area contributed by atoms with Crippen molar-refractivity contribution in [1.29, 1.82) is 0 Å². The SMILES string of the molecule is Nc1cc(Br)c(F)cc1NCC1CCCC1CO. The number of halogens is 2. The molecule has 1 saturated carbocycles. The molecular formula is C13H18BrFN2O. The lowest BCUT2D eigenvalue weighted by Crippen LogP contribution is -2.21. The summed E-state index contributed by atoms with van der Waals surface area (Å²) in [6.45, 7) is 0.965. The number of rotatable bonds is 4. The Labute approximate surface area is 115 Å². The highest BCUT2D eigenvalue weighted by Gasteiger charge is 2.26. The molecule has 0 aromatic heterocycles. The summed E-state index contributed by atoms with van der Waals surface area (Å²) >= 11 is 3.10. The second kappa shape index (κ2) is 5.89. The van der Waals surface area contributed by atoms with Crippen LogP contribution >= 0.6 is 15.9 Å². The van der Waals surface area contributed by atoms with Crippen LogP contribution < -0.4 is 11.1 Å². The average Bonchev–Trinajstić information content (AvgIpc) is 2.79. The van der Waals surface area contributed by atoms with Crippen molar-refractivity contribution in [3.63, 3.8) is 0 Å². The van der Waals surface area contributed by atoms with Gasteiger partial charge in [0.25, 0.3) is 0 Å². The Balaban J connectivity index is 2.00. The fourth-order valence-electron chi connectivity index (χ4n) is 2.58. The second-order valence-corrected chi connectivity index (χ2v) is 5.72. The Hall–Kier alpha value is -0.810. The molecule has 5 heteroatoms. The van der Waals surface area contributed by atoms with Crippen LogP contribution in [0.25, 0.3) is 0 Å². The molecule has 0 spiro atoms. The minimum Gasteiger partial charge on any atom is -0.397 e. The Bertz CT molecular complexity index is 428. The Morgan fingerprint density at radius 2 is 2.11 bits per heavy atom. The summed E-state index contributed by atoms with van der Waals surface area (Å²) in [6.07, 6.45) is 3.34. The van der Waals surface area contributed by atoms with Crippen LogP contribution in [-0.4, -0.2) is 18.3 Å². The van der Waals surface area contributed by atoms with Gasteiger partial charge in [-0.3, -0.25) is 0 Å². The molecule has 1 aromatic carbocycles. The number of benzene rings is 1. The van der Waals surface area contributed by atoms with E-state index in [1.807, 2.05) is 0 Å². The van der Waals surface area contributed by atoms with Crippen LogP contribution in [0.15, 0.2) is 16.6 Å². The fourth-order valence-corrected chi connectivity index (χ4v) is 2.94. The summed E-state index contributed by atoms with van der Waals surface area (Å²) in [7, 11) is 0. The molecule has 0 amide bonds. The van der Waals surface area contributed by atoms with Crippen molar-refractivity contribution in [1.82, 2.24) is 0 Å². The van der Waals surface area contributed by atoms with Crippen molar-refractivity contribution < 1.29 is 9.50 Å². The average molecular weight is 317 g/mol. The molecule has 2 unspecified atom stereocenters. The highest BCUT2D eigenvalue weighted by molar-refractivity contribution is 9.10. The lowest BCUT2D eigenvalue weighted by Gasteiger charge is -2.19. The number of aliphatic hydroxyl groups is 1. The van der Waals surface area contributed by atoms with E-state index >= 15 is 0 Å². The van der Waals surface area contributed by atoms with E-state index in [0.717, 1.165) is 25.8 Å². The first-order valence-electron chi connectivity index (χ1n) is 6.21. The first-order chi connectivity index (χ1) is 8.61. The number of hydrogen-bond acceptors (Lipinski definition) is 3. The fraction of sp³-hybridized carbons (Fsp3) is 0.538. The van der Waals surface area contributed by atoms with Crippen LogP contribution in [0.3, 0.4) is 0 Å². The van der Waals surface area contributed by atoms with Gasteiger partial charge in [-0.2, -0.15) is 0 Å². The van der Waals surface area contributed by atoms with Gasteiger partial charge >= 0.3 is 0 Å². The number of nitrogens with two attached hydrogens (primary N) is 1. The molecule has 4 N–H and O–H groups in total. The largest absolute Gasteiger partial charge is 0.397 e. The van der Waals surface area contributed by atoms with E-state index in [2.05, 4.69) is 21.2 Å². The third kappa shape index (κ3) is 2.95. The molecule has 0 aliphatic heterocycles. The molecule has 1 aliphatic carbocycles. The minimum atomic E-state index is -0.322. The number of nitrogen functional groups attached to an aromatic ring is 1.